The third-order valence-electron chi connectivity index (χ3n) is 3.22. The van der Waals surface area contributed by atoms with E-state index in [1.54, 1.807) is 22.7 Å². The van der Waals surface area contributed by atoms with Crippen molar-refractivity contribution < 1.29 is 4.42 Å². The van der Waals surface area contributed by atoms with Crippen LogP contribution in [0.3, 0.4) is 0 Å². The van der Waals surface area contributed by atoms with E-state index in [1.165, 1.54) is 9.40 Å². The molecular formula is C15H11N3OS2. The van der Waals surface area contributed by atoms with E-state index in [4.69, 9.17) is 10.2 Å². The Morgan fingerprint density at radius 3 is 2.71 bits per heavy atom. The first-order chi connectivity index (χ1) is 10.3. The summed E-state index contributed by atoms with van der Waals surface area (Å²) in [6, 6.07) is 13.5. The summed E-state index contributed by atoms with van der Waals surface area (Å²) in [6.45, 7) is 0. The SMILES string of the molecule is NC(c1ccccc1)c1nnc(-c2cc3sccc3s2)o1. The average molecular weight is 313 g/mol. The molecule has 0 aliphatic heterocycles. The standard InChI is InChI=1S/C15H11N3OS2/c16-13(9-4-2-1-3-5-9)15-18-17-14(19-15)12-8-11-10(21-12)6-7-20-11/h1-8,13H,16H2. The van der Waals surface area contributed by atoms with Gasteiger partial charge < -0.3 is 10.2 Å². The Hall–Kier alpha value is -2.02. The molecule has 104 valence electrons. The van der Waals surface area contributed by atoms with E-state index in [-0.39, 0.29) is 0 Å². The molecule has 0 amide bonds. The normalized spacial score (nSPS) is 12.8. The number of rotatable bonds is 3. The zero-order valence-electron chi connectivity index (χ0n) is 10.9. The Kier molecular flexibility index (Phi) is 3.07. The van der Waals surface area contributed by atoms with E-state index < -0.39 is 6.04 Å². The zero-order chi connectivity index (χ0) is 14.2. The fourth-order valence-corrected chi connectivity index (χ4v) is 4.16. The number of thiophene rings is 2. The van der Waals surface area contributed by atoms with Gasteiger partial charge in [-0.25, -0.2) is 0 Å². The van der Waals surface area contributed by atoms with Crippen LogP contribution >= 0.6 is 22.7 Å². The van der Waals surface area contributed by atoms with Gasteiger partial charge in [-0.2, -0.15) is 0 Å². The monoisotopic (exact) mass is 313 g/mol. The third kappa shape index (κ3) is 2.27. The molecule has 0 saturated carbocycles. The number of fused-ring (bicyclic) bond motifs is 1. The molecule has 0 saturated heterocycles. The Bertz CT molecular complexity index is 850. The molecule has 2 N–H and O–H groups in total. The molecule has 0 aliphatic rings. The van der Waals surface area contributed by atoms with Crippen molar-refractivity contribution in [3.05, 3.63) is 59.3 Å². The van der Waals surface area contributed by atoms with E-state index in [0.29, 0.717) is 11.8 Å². The van der Waals surface area contributed by atoms with Crippen LogP contribution in [0.2, 0.25) is 0 Å². The van der Waals surface area contributed by atoms with Crippen LogP contribution < -0.4 is 5.73 Å². The smallest absolute Gasteiger partial charge is 0.257 e. The van der Waals surface area contributed by atoms with Gasteiger partial charge in [-0.1, -0.05) is 30.3 Å². The van der Waals surface area contributed by atoms with Crippen molar-refractivity contribution in [2.45, 2.75) is 6.04 Å². The summed E-state index contributed by atoms with van der Waals surface area (Å²) >= 11 is 3.36. The Labute approximate surface area is 128 Å². The number of aromatic nitrogens is 2. The van der Waals surface area contributed by atoms with Crippen LogP contribution in [0, 0.1) is 0 Å². The van der Waals surface area contributed by atoms with Gasteiger partial charge in [0.25, 0.3) is 5.89 Å². The van der Waals surface area contributed by atoms with Crippen LogP contribution in [-0.2, 0) is 0 Å². The highest BCUT2D eigenvalue weighted by Crippen LogP contribution is 2.36. The fourth-order valence-electron chi connectivity index (χ4n) is 2.13. The van der Waals surface area contributed by atoms with Gasteiger partial charge in [0.1, 0.15) is 6.04 Å². The maximum absolute atomic E-state index is 6.17. The van der Waals surface area contributed by atoms with Crippen molar-refractivity contribution in [2.24, 2.45) is 5.73 Å². The predicted molar refractivity (Wildman–Crippen MR) is 85.5 cm³/mol. The van der Waals surface area contributed by atoms with E-state index >= 15 is 0 Å². The molecule has 4 nitrogen and oxygen atoms in total. The Morgan fingerprint density at radius 2 is 1.90 bits per heavy atom. The Morgan fingerprint density at radius 1 is 1.05 bits per heavy atom. The molecule has 0 aliphatic carbocycles. The van der Waals surface area contributed by atoms with Crippen molar-refractivity contribution in [2.75, 3.05) is 0 Å². The van der Waals surface area contributed by atoms with Crippen LogP contribution in [-0.4, -0.2) is 10.2 Å². The minimum Gasteiger partial charge on any atom is -0.418 e. The highest BCUT2D eigenvalue weighted by atomic mass is 32.1. The second-order valence-corrected chi connectivity index (χ2v) is 6.63. The summed E-state index contributed by atoms with van der Waals surface area (Å²) < 4.78 is 8.23. The summed E-state index contributed by atoms with van der Waals surface area (Å²) in [5, 5.41) is 10.3. The van der Waals surface area contributed by atoms with Crippen LogP contribution in [0.5, 0.6) is 0 Å². The Balaban J connectivity index is 1.68. The first-order valence-corrected chi connectivity index (χ1v) is 8.12. The topological polar surface area (TPSA) is 64.9 Å². The molecule has 4 aromatic rings. The number of hydrogen-bond acceptors (Lipinski definition) is 6. The molecule has 6 heteroatoms. The maximum atomic E-state index is 6.17. The van der Waals surface area contributed by atoms with Crippen LogP contribution in [0.4, 0.5) is 0 Å². The molecule has 0 radical (unpaired) electrons. The lowest BCUT2D eigenvalue weighted by Gasteiger charge is -2.05. The molecule has 0 fully saturated rings. The van der Waals surface area contributed by atoms with Crippen LogP contribution in [0.15, 0.2) is 52.3 Å². The lowest BCUT2D eigenvalue weighted by molar-refractivity contribution is 0.485. The van der Waals surface area contributed by atoms with Gasteiger partial charge in [0.05, 0.1) is 4.88 Å². The van der Waals surface area contributed by atoms with Gasteiger partial charge in [0.2, 0.25) is 5.89 Å². The quantitative estimate of drug-likeness (QED) is 0.619. The molecule has 0 spiro atoms. The lowest BCUT2D eigenvalue weighted by Crippen LogP contribution is -2.11. The average Bonchev–Trinajstić information content (AvgIpc) is 3.22. The molecule has 3 heterocycles. The first-order valence-electron chi connectivity index (χ1n) is 6.42. The van der Waals surface area contributed by atoms with Gasteiger partial charge in [-0.05, 0) is 23.1 Å². The molecule has 1 unspecified atom stereocenters. The van der Waals surface area contributed by atoms with Gasteiger partial charge in [-0.3, -0.25) is 0 Å². The zero-order valence-corrected chi connectivity index (χ0v) is 12.5. The minimum absolute atomic E-state index is 0.395. The molecule has 1 aromatic carbocycles. The predicted octanol–water partition coefficient (Wildman–Crippen LogP) is 4.06. The molecule has 4 rings (SSSR count). The third-order valence-corrected chi connectivity index (χ3v) is 5.30. The van der Waals surface area contributed by atoms with E-state index in [2.05, 4.69) is 27.7 Å². The minimum atomic E-state index is -0.395. The van der Waals surface area contributed by atoms with E-state index in [1.807, 2.05) is 30.3 Å². The highest BCUT2D eigenvalue weighted by Gasteiger charge is 2.18. The second-order valence-electron chi connectivity index (χ2n) is 4.59. The summed E-state index contributed by atoms with van der Waals surface area (Å²) in [5.74, 6) is 0.970. The van der Waals surface area contributed by atoms with E-state index in [9.17, 15) is 0 Å². The molecule has 0 bridgehead atoms. The van der Waals surface area contributed by atoms with Crippen molar-refractivity contribution in [1.82, 2.24) is 10.2 Å². The summed E-state index contributed by atoms with van der Waals surface area (Å²) in [5.41, 5.74) is 7.13. The molecule has 1 atom stereocenters. The van der Waals surface area contributed by atoms with Gasteiger partial charge in [0, 0.05) is 9.40 Å². The maximum Gasteiger partial charge on any atom is 0.257 e. The summed E-state index contributed by atoms with van der Waals surface area (Å²) in [7, 11) is 0. The van der Waals surface area contributed by atoms with Gasteiger partial charge in [-0.15, -0.1) is 32.9 Å². The largest absolute Gasteiger partial charge is 0.418 e. The van der Waals surface area contributed by atoms with E-state index in [0.717, 1.165) is 10.4 Å². The summed E-state index contributed by atoms with van der Waals surface area (Å²) in [4.78, 5) is 0.982. The van der Waals surface area contributed by atoms with Crippen molar-refractivity contribution >= 4 is 32.1 Å². The number of hydrogen-bond donors (Lipinski definition) is 1. The number of benzene rings is 1. The number of nitrogens with zero attached hydrogens (tertiary/aromatic N) is 2. The van der Waals surface area contributed by atoms with Crippen LogP contribution in [0.1, 0.15) is 17.5 Å². The number of nitrogens with two attached hydrogens (primary N) is 1. The first kappa shape index (κ1) is 12.7. The summed E-state index contributed by atoms with van der Waals surface area (Å²) in [6.07, 6.45) is 0. The fraction of sp³-hybridized carbons (Fsp3) is 0.0667. The lowest BCUT2D eigenvalue weighted by atomic mass is 10.1. The molecule has 3 aromatic heterocycles. The van der Waals surface area contributed by atoms with Gasteiger partial charge >= 0.3 is 0 Å². The molecule has 21 heavy (non-hydrogen) atoms. The molecular weight excluding hydrogens is 302 g/mol. The second kappa shape index (κ2) is 5.07. The van der Waals surface area contributed by atoms with Crippen molar-refractivity contribution in [3.8, 4) is 10.8 Å². The highest BCUT2D eigenvalue weighted by molar-refractivity contribution is 7.28. The van der Waals surface area contributed by atoms with Gasteiger partial charge in [0.15, 0.2) is 0 Å². The van der Waals surface area contributed by atoms with Crippen molar-refractivity contribution in [1.29, 1.82) is 0 Å². The van der Waals surface area contributed by atoms with Crippen molar-refractivity contribution in [3.63, 3.8) is 0 Å². The van der Waals surface area contributed by atoms with Crippen LogP contribution in [0.25, 0.3) is 20.2 Å².